The number of allylic oxidation sites excluding steroid dienone is 4. The molecule has 0 amide bonds. The summed E-state index contributed by atoms with van der Waals surface area (Å²) in [5, 5.41) is 0. The lowest BCUT2D eigenvalue weighted by molar-refractivity contribution is -0.167. The average Bonchev–Trinajstić information content (AvgIpc) is 3.05. The highest BCUT2D eigenvalue weighted by molar-refractivity contribution is 5.71. The van der Waals surface area contributed by atoms with E-state index >= 15 is 0 Å². The Hall–Kier alpha value is -2.11. The van der Waals surface area contributed by atoms with Crippen LogP contribution in [0.1, 0.15) is 194 Å². The SMILES string of the molecule is CCC/C=C\C/C=C\CCCCCCCC(=O)OCC(COC(=O)CCCCCCC)OC(=O)CCCCCCCCCCCC. The van der Waals surface area contributed by atoms with Crippen molar-refractivity contribution in [2.75, 3.05) is 13.2 Å². The maximum atomic E-state index is 12.5. The first-order valence-electron chi connectivity index (χ1n) is 19.3. The number of hydrogen-bond donors (Lipinski definition) is 0. The van der Waals surface area contributed by atoms with Crippen molar-refractivity contribution in [2.45, 2.75) is 200 Å². The Labute approximate surface area is 283 Å². The molecule has 0 rings (SSSR count). The molecule has 1 unspecified atom stereocenters. The van der Waals surface area contributed by atoms with Crippen LogP contribution in [0.2, 0.25) is 0 Å². The molecule has 0 radical (unpaired) electrons. The van der Waals surface area contributed by atoms with Gasteiger partial charge in [0.15, 0.2) is 6.10 Å². The fraction of sp³-hybridized carbons (Fsp3) is 0.825. The number of unbranched alkanes of at least 4 members (excludes halogenated alkanes) is 19. The smallest absolute Gasteiger partial charge is 0.306 e. The fourth-order valence-corrected chi connectivity index (χ4v) is 5.24. The van der Waals surface area contributed by atoms with Crippen LogP contribution in [0.4, 0.5) is 0 Å². The quantitative estimate of drug-likeness (QED) is 0.0299. The van der Waals surface area contributed by atoms with E-state index in [0.29, 0.717) is 19.3 Å². The van der Waals surface area contributed by atoms with Crippen molar-refractivity contribution in [3.05, 3.63) is 24.3 Å². The van der Waals surface area contributed by atoms with Crippen molar-refractivity contribution < 1.29 is 28.6 Å². The predicted molar refractivity (Wildman–Crippen MR) is 192 cm³/mol. The maximum absolute atomic E-state index is 12.5. The Balaban J connectivity index is 4.30. The van der Waals surface area contributed by atoms with Gasteiger partial charge in [0, 0.05) is 19.3 Å². The van der Waals surface area contributed by atoms with Gasteiger partial charge in [-0.05, 0) is 44.9 Å². The molecule has 1 atom stereocenters. The Morgan fingerprint density at radius 1 is 0.435 bits per heavy atom. The standard InChI is InChI=1S/C40H72O6/c1-4-7-10-13-15-17-19-20-21-23-24-27-30-33-39(42)45-36-37(35-44-38(41)32-29-26-12-9-6-3)46-40(43)34-31-28-25-22-18-16-14-11-8-5-2/h10,13,17,19,37H,4-9,11-12,14-16,18,20-36H2,1-3H3/b13-10-,19-17-. The Morgan fingerprint density at radius 3 is 1.28 bits per heavy atom. The highest BCUT2D eigenvalue weighted by Gasteiger charge is 2.19. The molecule has 0 N–H and O–H groups in total. The molecule has 0 fully saturated rings. The van der Waals surface area contributed by atoms with E-state index in [4.69, 9.17) is 14.2 Å². The molecular weight excluding hydrogens is 576 g/mol. The second kappa shape index (κ2) is 35.7. The fourth-order valence-electron chi connectivity index (χ4n) is 5.24. The van der Waals surface area contributed by atoms with Gasteiger partial charge in [-0.25, -0.2) is 0 Å². The topological polar surface area (TPSA) is 78.9 Å². The van der Waals surface area contributed by atoms with Gasteiger partial charge in [-0.1, -0.05) is 154 Å². The summed E-state index contributed by atoms with van der Waals surface area (Å²) in [6.07, 6.45) is 36.1. The van der Waals surface area contributed by atoms with Crippen molar-refractivity contribution >= 4 is 17.9 Å². The van der Waals surface area contributed by atoms with E-state index in [1.165, 1.54) is 64.2 Å². The van der Waals surface area contributed by atoms with Crippen LogP contribution in [-0.4, -0.2) is 37.2 Å². The van der Waals surface area contributed by atoms with Crippen LogP contribution in [0.25, 0.3) is 0 Å². The molecule has 6 heteroatoms. The van der Waals surface area contributed by atoms with Gasteiger partial charge in [0.2, 0.25) is 0 Å². The minimum atomic E-state index is -0.765. The molecular formula is C40H72O6. The lowest BCUT2D eigenvalue weighted by Crippen LogP contribution is -2.30. The maximum Gasteiger partial charge on any atom is 0.306 e. The first-order chi connectivity index (χ1) is 22.5. The van der Waals surface area contributed by atoms with E-state index in [-0.39, 0.29) is 31.1 Å². The monoisotopic (exact) mass is 649 g/mol. The molecule has 0 aliphatic heterocycles. The third kappa shape index (κ3) is 33.3. The van der Waals surface area contributed by atoms with Crippen LogP contribution >= 0.6 is 0 Å². The summed E-state index contributed by atoms with van der Waals surface area (Å²) in [7, 11) is 0. The summed E-state index contributed by atoms with van der Waals surface area (Å²) in [5.74, 6) is -0.908. The van der Waals surface area contributed by atoms with E-state index in [1.54, 1.807) is 0 Å². The average molecular weight is 649 g/mol. The number of ether oxygens (including phenoxy) is 3. The Kier molecular flexibility index (Phi) is 34.1. The molecule has 6 nitrogen and oxygen atoms in total. The summed E-state index contributed by atoms with van der Waals surface area (Å²) in [5.41, 5.74) is 0. The van der Waals surface area contributed by atoms with Gasteiger partial charge >= 0.3 is 17.9 Å². The highest BCUT2D eigenvalue weighted by atomic mass is 16.6. The summed E-state index contributed by atoms with van der Waals surface area (Å²) in [6, 6.07) is 0. The van der Waals surface area contributed by atoms with Gasteiger partial charge in [-0.15, -0.1) is 0 Å². The summed E-state index contributed by atoms with van der Waals surface area (Å²) >= 11 is 0. The predicted octanol–water partition coefficient (Wildman–Crippen LogP) is 11.7. The van der Waals surface area contributed by atoms with Gasteiger partial charge in [0.05, 0.1) is 0 Å². The number of esters is 3. The van der Waals surface area contributed by atoms with Gasteiger partial charge in [0.1, 0.15) is 13.2 Å². The number of carbonyl (C=O) groups is 3. The van der Waals surface area contributed by atoms with Gasteiger partial charge in [-0.3, -0.25) is 14.4 Å². The molecule has 0 bridgehead atoms. The number of hydrogen-bond acceptors (Lipinski definition) is 6. The van der Waals surface area contributed by atoms with Crippen molar-refractivity contribution in [1.82, 2.24) is 0 Å². The van der Waals surface area contributed by atoms with Gasteiger partial charge in [-0.2, -0.15) is 0 Å². The van der Waals surface area contributed by atoms with Crippen molar-refractivity contribution in [2.24, 2.45) is 0 Å². The third-order valence-corrected chi connectivity index (χ3v) is 8.19. The lowest BCUT2D eigenvalue weighted by Gasteiger charge is -2.18. The molecule has 0 saturated heterocycles. The molecule has 0 saturated carbocycles. The zero-order valence-corrected chi connectivity index (χ0v) is 30.3. The summed E-state index contributed by atoms with van der Waals surface area (Å²) in [6.45, 7) is 6.44. The van der Waals surface area contributed by atoms with Crippen LogP contribution in [0, 0.1) is 0 Å². The first-order valence-corrected chi connectivity index (χ1v) is 19.3. The highest BCUT2D eigenvalue weighted by Crippen LogP contribution is 2.13. The van der Waals surface area contributed by atoms with E-state index in [0.717, 1.165) is 89.9 Å². The number of rotatable bonds is 34. The zero-order valence-electron chi connectivity index (χ0n) is 30.3. The van der Waals surface area contributed by atoms with Crippen molar-refractivity contribution in [3.8, 4) is 0 Å². The van der Waals surface area contributed by atoms with Crippen LogP contribution in [0.15, 0.2) is 24.3 Å². The van der Waals surface area contributed by atoms with Gasteiger partial charge < -0.3 is 14.2 Å². The minimum Gasteiger partial charge on any atom is -0.462 e. The van der Waals surface area contributed by atoms with E-state index in [2.05, 4.69) is 45.1 Å². The minimum absolute atomic E-state index is 0.0751. The number of carbonyl (C=O) groups excluding carboxylic acids is 3. The molecule has 268 valence electrons. The zero-order chi connectivity index (χ0) is 33.8. The molecule has 0 aromatic heterocycles. The van der Waals surface area contributed by atoms with E-state index in [9.17, 15) is 14.4 Å². The molecule has 0 aliphatic carbocycles. The molecule has 0 aromatic carbocycles. The lowest BCUT2D eigenvalue weighted by atomic mass is 10.1. The van der Waals surface area contributed by atoms with Crippen LogP contribution in [0.5, 0.6) is 0 Å². The summed E-state index contributed by atoms with van der Waals surface area (Å²) < 4.78 is 16.5. The van der Waals surface area contributed by atoms with E-state index in [1.807, 2.05) is 0 Å². The first kappa shape index (κ1) is 43.9. The normalized spacial score (nSPS) is 12.2. The molecule has 46 heavy (non-hydrogen) atoms. The van der Waals surface area contributed by atoms with Crippen molar-refractivity contribution in [3.63, 3.8) is 0 Å². The molecule has 0 heterocycles. The Morgan fingerprint density at radius 2 is 0.826 bits per heavy atom. The Bertz CT molecular complexity index is 759. The molecule has 0 aromatic rings. The second-order valence-electron chi connectivity index (χ2n) is 12.8. The second-order valence-corrected chi connectivity index (χ2v) is 12.8. The third-order valence-electron chi connectivity index (χ3n) is 8.19. The van der Waals surface area contributed by atoms with Crippen LogP contribution < -0.4 is 0 Å². The van der Waals surface area contributed by atoms with E-state index < -0.39 is 6.10 Å². The largest absolute Gasteiger partial charge is 0.462 e. The summed E-state index contributed by atoms with van der Waals surface area (Å²) in [4.78, 5) is 37.2. The van der Waals surface area contributed by atoms with Crippen LogP contribution in [-0.2, 0) is 28.6 Å². The van der Waals surface area contributed by atoms with Crippen molar-refractivity contribution in [1.29, 1.82) is 0 Å². The van der Waals surface area contributed by atoms with Crippen LogP contribution in [0.3, 0.4) is 0 Å². The molecule has 0 aliphatic rings. The molecule has 0 spiro atoms. The van der Waals surface area contributed by atoms with Gasteiger partial charge in [0.25, 0.3) is 0 Å².